The van der Waals surface area contributed by atoms with Gasteiger partial charge in [0.05, 0.1) is 17.0 Å². The van der Waals surface area contributed by atoms with E-state index in [1.807, 2.05) is 0 Å². The second kappa shape index (κ2) is 6.80. The number of anilines is 1. The van der Waals surface area contributed by atoms with Gasteiger partial charge in [0.25, 0.3) is 5.91 Å². The Morgan fingerprint density at radius 1 is 1.21 bits per heavy atom. The summed E-state index contributed by atoms with van der Waals surface area (Å²) in [4.78, 5) is 12.3. The summed E-state index contributed by atoms with van der Waals surface area (Å²) in [5.74, 6) is 0.0154. The van der Waals surface area contributed by atoms with Crippen LogP contribution in [0.4, 0.5) is 5.69 Å². The van der Waals surface area contributed by atoms with Crippen LogP contribution in [0.15, 0.2) is 35.2 Å². The van der Waals surface area contributed by atoms with Gasteiger partial charge in [0.15, 0.2) is 0 Å². The fourth-order valence-electron chi connectivity index (χ4n) is 2.20. The summed E-state index contributed by atoms with van der Waals surface area (Å²) in [6.07, 6.45) is 0. The van der Waals surface area contributed by atoms with Crippen molar-refractivity contribution in [3.8, 4) is 5.75 Å². The van der Waals surface area contributed by atoms with Gasteiger partial charge in [-0.2, -0.15) is 0 Å². The molecule has 6 nitrogen and oxygen atoms in total. The molecule has 0 aliphatic heterocycles. The normalized spacial score (nSPS) is 11.2. The number of rotatable bonds is 4. The molecule has 0 spiro atoms. The molecule has 0 aliphatic carbocycles. The standard InChI is InChI=1S/C16H17ClN2O4S/c1-9-6-11(7-15(10(9)2)24(18,21)22)16(20)19-12-4-5-14(23-3)13(17)8-12/h4-8H,1-3H3,(H,19,20)(H2,18,21,22). The maximum Gasteiger partial charge on any atom is 0.255 e. The minimum atomic E-state index is -3.92. The van der Waals surface area contributed by atoms with E-state index >= 15 is 0 Å². The van der Waals surface area contributed by atoms with Crippen LogP contribution in [0.25, 0.3) is 0 Å². The van der Waals surface area contributed by atoms with Crippen LogP contribution in [-0.2, 0) is 10.0 Å². The van der Waals surface area contributed by atoms with Crippen LogP contribution in [0.2, 0.25) is 5.02 Å². The number of halogens is 1. The molecule has 8 heteroatoms. The van der Waals surface area contributed by atoms with Gasteiger partial charge >= 0.3 is 0 Å². The first-order chi connectivity index (χ1) is 11.1. The van der Waals surface area contributed by atoms with Crippen LogP contribution in [-0.4, -0.2) is 21.4 Å². The van der Waals surface area contributed by atoms with E-state index in [-0.39, 0.29) is 10.5 Å². The van der Waals surface area contributed by atoms with Gasteiger partial charge in [-0.1, -0.05) is 11.6 Å². The molecule has 128 valence electrons. The Labute approximate surface area is 145 Å². The number of carbonyl (C=O) groups excluding carboxylic acids is 1. The molecule has 2 aromatic carbocycles. The van der Waals surface area contributed by atoms with Crippen molar-refractivity contribution >= 4 is 33.2 Å². The summed E-state index contributed by atoms with van der Waals surface area (Å²) in [5, 5.41) is 8.22. The lowest BCUT2D eigenvalue weighted by atomic mass is 10.1. The number of nitrogens with two attached hydrogens (primary N) is 1. The lowest BCUT2D eigenvalue weighted by Crippen LogP contribution is -2.17. The van der Waals surface area contributed by atoms with Crippen molar-refractivity contribution in [2.45, 2.75) is 18.7 Å². The Bertz CT molecular complexity index is 911. The minimum absolute atomic E-state index is 0.0691. The zero-order chi connectivity index (χ0) is 18.1. The van der Waals surface area contributed by atoms with Crippen molar-refractivity contribution in [1.29, 1.82) is 0 Å². The summed E-state index contributed by atoms with van der Waals surface area (Å²) in [5.41, 5.74) is 1.82. The van der Waals surface area contributed by atoms with Crippen LogP contribution in [0, 0.1) is 13.8 Å². The quantitative estimate of drug-likeness (QED) is 0.866. The largest absolute Gasteiger partial charge is 0.495 e. The van der Waals surface area contributed by atoms with Gasteiger partial charge in [0, 0.05) is 11.3 Å². The number of hydrogen-bond donors (Lipinski definition) is 2. The predicted molar refractivity (Wildman–Crippen MR) is 93.2 cm³/mol. The summed E-state index contributed by atoms with van der Waals surface area (Å²) >= 11 is 6.02. The summed E-state index contributed by atoms with van der Waals surface area (Å²) in [6, 6.07) is 7.65. The second-order valence-corrected chi connectivity index (χ2v) is 7.20. The van der Waals surface area contributed by atoms with E-state index in [2.05, 4.69) is 5.32 Å². The van der Waals surface area contributed by atoms with Crippen molar-refractivity contribution < 1.29 is 17.9 Å². The van der Waals surface area contributed by atoms with E-state index in [0.717, 1.165) is 0 Å². The topological polar surface area (TPSA) is 98.5 Å². The van der Waals surface area contributed by atoms with Crippen molar-refractivity contribution in [1.82, 2.24) is 0 Å². The van der Waals surface area contributed by atoms with Crippen LogP contribution < -0.4 is 15.2 Å². The molecule has 0 fully saturated rings. The third-order valence-electron chi connectivity index (χ3n) is 3.60. The number of amides is 1. The average Bonchev–Trinajstić information content (AvgIpc) is 2.48. The first-order valence-electron chi connectivity index (χ1n) is 6.92. The summed E-state index contributed by atoms with van der Waals surface area (Å²) in [7, 11) is -2.43. The van der Waals surface area contributed by atoms with Gasteiger partial charge in [-0.25, -0.2) is 13.6 Å². The number of hydrogen-bond acceptors (Lipinski definition) is 4. The maximum atomic E-state index is 12.4. The SMILES string of the molecule is COc1ccc(NC(=O)c2cc(C)c(C)c(S(N)(=O)=O)c2)cc1Cl. The molecule has 0 unspecified atom stereocenters. The van der Waals surface area contributed by atoms with E-state index in [4.69, 9.17) is 21.5 Å². The Morgan fingerprint density at radius 3 is 2.42 bits per heavy atom. The van der Waals surface area contributed by atoms with Crippen molar-refractivity contribution in [2.75, 3.05) is 12.4 Å². The lowest BCUT2D eigenvalue weighted by Gasteiger charge is -2.12. The number of benzene rings is 2. The molecule has 0 radical (unpaired) electrons. The second-order valence-electron chi connectivity index (χ2n) is 5.26. The molecular formula is C16H17ClN2O4S. The summed E-state index contributed by atoms with van der Waals surface area (Å²) < 4.78 is 28.4. The molecule has 0 saturated heterocycles. The highest BCUT2D eigenvalue weighted by Gasteiger charge is 2.17. The molecule has 2 aromatic rings. The van der Waals surface area contributed by atoms with Gasteiger partial charge in [0.1, 0.15) is 5.75 Å². The first-order valence-corrected chi connectivity index (χ1v) is 8.85. The van der Waals surface area contributed by atoms with E-state index < -0.39 is 15.9 Å². The van der Waals surface area contributed by atoms with Crippen molar-refractivity contribution in [3.05, 3.63) is 52.0 Å². The lowest BCUT2D eigenvalue weighted by molar-refractivity contribution is 0.102. The van der Waals surface area contributed by atoms with Crippen LogP contribution >= 0.6 is 11.6 Å². The molecule has 0 bridgehead atoms. The minimum Gasteiger partial charge on any atom is -0.495 e. The molecule has 0 aliphatic rings. The van der Waals surface area contributed by atoms with Crippen LogP contribution in [0.3, 0.4) is 0 Å². The van der Waals surface area contributed by atoms with Crippen molar-refractivity contribution in [3.63, 3.8) is 0 Å². The smallest absolute Gasteiger partial charge is 0.255 e. The van der Waals surface area contributed by atoms with E-state index in [1.54, 1.807) is 38.1 Å². The molecular weight excluding hydrogens is 352 g/mol. The molecule has 3 N–H and O–H groups in total. The zero-order valence-electron chi connectivity index (χ0n) is 13.4. The molecule has 24 heavy (non-hydrogen) atoms. The van der Waals surface area contributed by atoms with E-state index in [1.165, 1.54) is 13.2 Å². The monoisotopic (exact) mass is 368 g/mol. The highest BCUT2D eigenvalue weighted by atomic mass is 35.5. The molecule has 0 atom stereocenters. The first kappa shape index (κ1) is 18.3. The molecule has 1 amide bonds. The number of carbonyl (C=O) groups is 1. The Kier molecular flexibility index (Phi) is 5.17. The molecule has 2 rings (SSSR count). The highest BCUT2D eigenvalue weighted by Crippen LogP contribution is 2.28. The van der Waals surface area contributed by atoms with Crippen LogP contribution in [0.1, 0.15) is 21.5 Å². The third-order valence-corrected chi connectivity index (χ3v) is 4.93. The molecule has 0 heterocycles. The molecule has 0 aromatic heterocycles. The van der Waals surface area contributed by atoms with Gasteiger partial charge in [-0.05, 0) is 55.3 Å². The Balaban J connectivity index is 2.37. The fourth-order valence-corrected chi connectivity index (χ4v) is 3.34. The highest BCUT2D eigenvalue weighted by molar-refractivity contribution is 7.89. The number of nitrogens with one attached hydrogen (secondary N) is 1. The number of methoxy groups -OCH3 is 1. The Morgan fingerprint density at radius 2 is 1.88 bits per heavy atom. The van der Waals surface area contributed by atoms with E-state index in [0.29, 0.717) is 27.6 Å². The summed E-state index contributed by atoms with van der Waals surface area (Å²) in [6.45, 7) is 3.35. The number of sulfonamides is 1. The predicted octanol–water partition coefficient (Wildman–Crippen LogP) is 2.87. The third kappa shape index (κ3) is 3.87. The van der Waals surface area contributed by atoms with E-state index in [9.17, 15) is 13.2 Å². The number of primary sulfonamides is 1. The number of aryl methyl sites for hydroxylation is 1. The fraction of sp³-hybridized carbons (Fsp3) is 0.188. The zero-order valence-corrected chi connectivity index (χ0v) is 15.0. The van der Waals surface area contributed by atoms with Crippen molar-refractivity contribution in [2.24, 2.45) is 5.14 Å². The Hall–Kier alpha value is -2.09. The van der Waals surface area contributed by atoms with Gasteiger partial charge in [-0.15, -0.1) is 0 Å². The average molecular weight is 369 g/mol. The van der Waals surface area contributed by atoms with Gasteiger partial charge in [0.2, 0.25) is 10.0 Å². The maximum absolute atomic E-state index is 12.4. The van der Waals surface area contributed by atoms with Gasteiger partial charge < -0.3 is 10.1 Å². The van der Waals surface area contributed by atoms with Crippen LogP contribution in [0.5, 0.6) is 5.75 Å². The van der Waals surface area contributed by atoms with Gasteiger partial charge in [-0.3, -0.25) is 4.79 Å². The molecule has 0 saturated carbocycles. The number of ether oxygens (including phenoxy) is 1.